The molecule has 0 amide bonds. The number of phenols is 2. The maximum absolute atomic E-state index is 10.8. The smallest absolute Gasteiger partial charge is 0.161 e. The largest absolute Gasteiger partial charge is 0.504 e. The number of rotatable bonds is 1. The number of hydrogen-bond acceptors (Lipinski definition) is 3. The van der Waals surface area contributed by atoms with E-state index in [1.54, 1.807) is 0 Å². The molecule has 0 spiro atoms. The van der Waals surface area contributed by atoms with E-state index < -0.39 is 6.10 Å². The van der Waals surface area contributed by atoms with Gasteiger partial charge in [0.05, 0.1) is 6.10 Å². The van der Waals surface area contributed by atoms with Crippen LogP contribution in [0.4, 0.5) is 0 Å². The molecule has 128 valence electrons. The van der Waals surface area contributed by atoms with Gasteiger partial charge in [0.15, 0.2) is 11.5 Å². The van der Waals surface area contributed by atoms with Crippen LogP contribution in [0, 0.1) is 11.3 Å². The van der Waals surface area contributed by atoms with E-state index in [-0.39, 0.29) is 28.2 Å². The van der Waals surface area contributed by atoms with E-state index in [2.05, 4.69) is 20.8 Å². The summed E-state index contributed by atoms with van der Waals surface area (Å²) in [7, 11) is 0. The molecule has 3 nitrogen and oxygen atoms in total. The molecule has 0 aliphatic heterocycles. The van der Waals surface area contributed by atoms with Crippen molar-refractivity contribution in [2.24, 2.45) is 11.3 Å². The van der Waals surface area contributed by atoms with E-state index in [0.717, 1.165) is 42.4 Å². The number of hydrogen-bond donors (Lipinski definition) is 3. The molecule has 3 rings (SSSR count). The Balaban J connectivity index is 2.26. The summed E-state index contributed by atoms with van der Waals surface area (Å²) in [5.41, 5.74) is 2.27. The highest BCUT2D eigenvalue weighted by Gasteiger charge is 2.53. The quantitative estimate of drug-likeness (QED) is 0.655. The highest BCUT2D eigenvalue weighted by molar-refractivity contribution is 5.59. The SMILES string of the molecule is CC(C)c1cc2c(c(O)c1O)C1(C)CCCC(C)(C)C1CC2O. The summed E-state index contributed by atoms with van der Waals surface area (Å²) in [5.74, 6) is 0.402. The molecule has 2 aliphatic carbocycles. The van der Waals surface area contributed by atoms with Gasteiger partial charge in [-0.25, -0.2) is 0 Å². The Bertz CT molecular complexity index is 632. The Morgan fingerprint density at radius 3 is 2.35 bits per heavy atom. The van der Waals surface area contributed by atoms with Crippen LogP contribution < -0.4 is 0 Å². The van der Waals surface area contributed by atoms with Crippen molar-refractivity contribution in [2.75, 3.05) is 0 Å². The third-order valence-electron chi connectivity index (χ3n) is 6.57. The van der Waals surface area contributed by atoms with Gasteiger partial charge >= 0.3 is 0 Å². The minimum atomic E-state index is -0.565. The van der Waals surface area contributed by atoms with Crippen LogP contribution in [0.25, 0.3) is 0 Å². The summed E-state index contributed by atoms with van der Waals surface area (Å²) >= 11 is 0. The Hall–Kier alpha value is -1.22. The fourth-order valence-electron chi connectivity index (χ4n) is 5.35. The van der Waals surface area contributed by atoms with Crippen molar-refractivity contribution in [1.29, 1.82) is 0 Å². The monoisotopic (exact) mass is 318 g/mol. The Labute approximate surface area is 139 Å². The van der Waals surface area contributed by atoms with Crippen molar-refractivity contribution in [1.82, 2.24) is 0 Å². The van der Waals surface area contributed by atoms with Crippen molar-refractivity contribution in [3.05, 3.63) is 22.8 Å². The molecule has 1 aromatic rings. The molecule has 1 fully saturated rings. The predicted molar refractivity (Wildman–Crippen MR) is 91.9 cm³/mol. The molecule has 23 heavy (non-hydrogen) atoms. The van der Waals surface area contributed by atoms with Crippen molar-refractivity contribution in [3.8, 4) is 11.5 Å². The van der Waals surface area contributed by atoms with Gasteiger partial charge in [-0.2, -0.15) is 0 Å². The molecular formula is C20H30O3. The van der Waals surface area contributed by atoms with E-state index in [9.17, 15) is 15.3 Å². The first-order valence-electron chi connectivity index (χ1n) is 8.87. The fraction of sp³-hybridized carbons (Fsp3) is 0.700. The summed E-state index contributed by atoms with van der Waals surface area (Å²) in [6, 6.07) is 1.92. The maximum atomic E-state index is 10.8. The predicted octanol–water partition coefficient (Wildman–Crippen LogP) is 4.74. The minimum absolute atomic E-state index is 0.00351. The average Bonchev–Trinajstić information content (AvgIpc) is 2.43. The van der Waals surface area contributed by atoms with E-state index in [0.29, 0.717) is 5.92 Å². The van der Waals surface area contributed by atoms with Gasteiger partial charge in [0.1, 0.15) is 0 Å². The molecule has 1 saturated carbocycles. The Morgan fingerprint density at radius 2 is 1.74 bits per heavy atom. The first kappa shape index (κ1) is 16.6. The molecule has 0 heterocycles. The van der Waals surface area contributed by atoms with Gasteiger partial charge < -0.3 is 15.3 Å². The van der Waals surface area contributed by atoms with E-state index >= 15 is 0 Å². The van der Waals surface area contributed by atoms with Gasteiger partial charge in [-0.05, 0) is 48.1 Å². The van der Waals surface area contributed by atoms with Crippen LogP contribution >= 0.6 is 0 Å². The zero-order valence-electron chi connectivity index (χ0n) is 15.0. The first-order valence-corrected chi connectivity index (χ1v) is 8.87. The van der Waals surface area contributed by atoms with Crippen molar-refractivity contribution < 1.29 is 15.3 Å². The van der Waals surface area contributed by atoms with Crippen LogP contribution in [0.2, 0.25) is 0 Å². The Kier molecular flexibility index (Phi) is 3.72. The normalized spacial score (nSPS) is 32.5. The van der Waals surface area contributed by atoms with Crippen LogP contribution in [-0.4, -0.2) is 15.3 Å². The highest BCUT2D eigenvalue weighted by atomic mass is 16.3. The zero-order valence-corrected chi connectivity index (χ0v) is 15.0. The van der Waals surface area contributed by atoms with Crippen molar-refractivity contribution >= 4 is 0 Å². The third-order valence-corrected chi connectivity index (χ3v) is 6.57. The molecule has 3 heteroatoms. The number of aliphatic hydroxyl groups excluding tert-OH is 1. The fourth-order valence-corrected chi connectivity index (χ4v) is 5.35. The molecule has 0 radical (unpaired) electrons. The van der Waals surface area contributed by atoms with Gasteiger partial charge in [-0.1, -0.05) is 41.0 Å². The number of aliphatic hydroxyl groups is 1. The minimum Gasteiger partial charge on any atom is -0.504 e. The zero-order chi connectivity index (χ0) is 17.2. The van der Waals surface area contributed by atoms with Gasteiger partial charge in [-0.3, -0.25) is 0 Å². The molecule has 1 aromatic carbocycles. The molecule has 0 aromatic heterocycles. The lowest BCUT2D eigenvalue weighted by molar-refractivity contribution is -0.00817. The molecule has 3 N–H and O–H groups in total. The van der Waals surface area contributed by atoms with Crippen LogP contribution in [-0.2, 0) is 5.41 Å². The topological polar surface area (TPSA) is 60.7 Å². The summed E-state index contributed by atoms with van der Waals surface area (Å²) in [6.45, 7) is 10.7. The van der Waals surface area contributed by atoms with Crippen LogP contribution in [0.1, 0.15) is 89.0 Å². The lowest BCUT2D eigenvalue weighted by Gasteiger charge is -2.55. The molecular weight excluding hydrogens is 288 g/mol. The lowest BCUT2D eigenvalue weighted by atomic mass is 9.49. The maximum Gasteiger partial charge on any atom is 0.161 e. The van der Waals surface area contributed by atoms with E-state index in [1.807, 2.05) is 19.9 Å². The second-order valence-electron chi connectivity index (χ2n) is 8.85. The van der Waals surface area contributed by atoms with Crippen LogP contribution in [0.15, 0.2) is 6.07 Å². The second-order valence-corrected chi connectivity index (χ2v) is 8.85. The summed E-state index contributed by atoms with van der Waals surface area (Å²) < 4.78 is 0. The summed E-state index contributed by atoms with van der Waals surface area (Å²) in [5, 5.41) is 32.1. The third kappa shape index (κ3) is 2.27. The van der Waals surface area contributed by atoms with Gasteiger partial charge in [0, 0.05) is 16.5 Å². The number of benzene rings is 1. The molecule has 3 atom stereocenters. The first-order chi connectivity index (χ1) is 10.6. The number of phenolic OH excluding ortho intramolecular Hbond substituents is 2. The number of fused-ring (bicyclic) bond motifs is 3. The molecule has 2 aliphatic rings. The highest BCUT2D eigenvalue weighted by Crippen LogP contribution is 2.62. The second kappa shape index (κ2) is 5.14. The summed E-state index contributed by atoms with van der Waals surface area (Å²) in [6.07, 6.45) is 3.42. The van der Waals surface area contributed by atoms with Gasteiger partial charge in [0.25, 0.3) is 0 Å². The van der Waals surface area contributed by atoms with E-state index in [1.165, 1.54) is 0 Å². The average molecular weight is 318 g/mol. The number of aromatic hydroxyl groups is 2. The van der Waals surface area contributed by atoms with Crippen LogP contribution in [0.3, 0.4) is 0 Å². The molecule has 0 saturated heterocycles. The standard InChI is InChI=1S/C20H30O3/c1-11(2)12-9-13-14(21)10-15-19(3,4)7-6-8-20(15,5)16(13)18(23)17(12)22/h9,11,14-15,21-23H,6-8,10H2,1-5H3. The van der Waals surface area contributed by atoms with Crippen molar-refractivity contribution in [3.63, 3.8) is 0 Å². The van der Waals surface area contributed by atoms with Gasteiger partial charge in [-0.15, -0.1) is 0 Å². The molecule has 0 bridgehead atoms. The van der Waals surface area contributed by atoms with Crippen molar-refractivity contribution in [2.45, 2.75) is 77.7 Å². The van der Waals surface area contributed by atoms with Gasteiger partial charge in [0.2, 0.25) is 0 Å². The summed E-state index contributed by atoms with van der Waals surface area (Å²) in [4.78, 5) is 0. The van der Waals surface area contributed by atoms with E-state index in [4.69, 9.17) is 0 Å². The molecule has 3 unspecified atom stereocenters. The van der Waals surface area contributed by atoms with Crippen LogP contribution in [0.5, 0.6) is 11.5 Å². The Morgan fingerprint density at radius 1 is 1.09 bits per heavy atom. The lowest BCUT2D eigenvalue weighted by Crippen LogP contribution is -2.48.